The van der Waals surface area contributed by atoms with Crippen molar-refractivity contribution >= 4 is 5.97 Å². The average molecular weight is 541 g/mol. The van der Waals surface area contributed by atoms with E-state index in [1.807, 2.05) is 12.1 Å². The molecule has 218 valence electrons. The van der Waals surface area contributed by atoms with Crippen LogP contribution in [0.1, 0.15) is 108 Å². The van der Waals surface area contributed by atoms with Gasteiger partial charge in [-0.25, -0.2) is 4.79 Å². The maximum atomic E-state index is 11.9. The van der Waals surface area contributed by atoms with Crippen LogP contribution in [0.5, 0.6) is 5.75 Å². The summed E-state index contributed by atoms with van der Waals surface area (Å²) in [6.45, 7) is 9.72. The maximum absolute atomic E-state index is 11.9. The van der Waals surface area contributed by atoms with Gasteiger partial charge >= 0.3 is 5.97 Å². The average Bonchev–Trinajstić information content (AvgIpc) is 3.27. The summed E-state index contributed by atoms with van der Waals surface area (Å²) in [4.78, 5) is 11.8. The van der Waals surface area contributed by atoms with Crippen LogP contribution in [-0.4, -0.2) is 40.6 Å². The summed E-state index contributed by atoms with van der Waals surface area (Å²) in [6, 6.07) is 5.41. The number of benzene rings is 1. The molecule has 3 unspecified atom stereocenters. The summed E-state index contributed by atoms with van der Waals surface area (Å²) in [5.41, 5.74) is 1.76. The zero-order chi connectivity index (χ0) is 28.1. The molecule has 3 N–H and O–H groups in total. The van der Waals surface area contributed by atoms with E-state index >= 15 is 0 Å². The number of methoxy groups -OCH3 is 1. The third-order valence-electron chi connectivity index (χ3n) is 12.8. The predicted molar refractivity (Wildman–Crippen MR) is 154 cm³/mol. The van der Waals surface area contributed by atoms with E-state index in [2.05, 4.69) is 27.7 Å². The first kappa shape index (κ1) is 28.9. The minimum atomic E-state index is -0.889. The van der Waals surface area contributed by atoms with Gasteiger partial charge in [-0.15, -0.1) is 0 Å². The first-order valence-corrected chi connectivity index (χ1v) is 15.8. The molecule has 5 rings (SSSR count). The van der Waals surface area contributed by atoms with Crippen molar-refractivity contribution in [3.05, 3.63) is 29.3 Å². The van der Waals surface area contributed by atoms with Crippen LogP contribution in [0.2, 0.25) is 0 Å². The molecule has 5 nitrogen and oxygen atoms in total. The van der Waals surface area contributed by atoms with Gasteiger partial charge in [0.25, 0.3) is 0 Å². The van der Waals surface area contributed by atoms with Crippen LogP contribution in [0.25, 0.3) is 0 Å². The Labute approximate surface area is 235 Å². The maximum Gasteiger partial charge on any atom is 0.336 e. The Kier molecular flexibility index (Phi) is 8.16. The summed E-state index contributed by atoms with van der Waals surface area (Å²) in [6.07, 6.45) is 11.3. The second kappa shape index (κ2) is 11.0. The predicted octanol–water partition coefficient (Wildman–Crippen LogP) is 6.98. The van der Waals surface area contributed by atoms with Crippen LogP contribution in [0.4, 0.5) is 0 Å². The fourth-order valence-corrected chi connectivity index (χ4v) is 10.8. The first-order valence-electron chi connectivity index (χ1n) is 15.8. The highest BCUT2D eigenvalue weighted by molar-refractivity contribution is 5.89. The molecule has 0 aromatic heterocycles. The highest BCUT2D eigenvalue weighted by Crippen LogP contribution is 2.69. The summed E-state index contributed by atoms with van der Waals surface area (Å²) in [5, 5.41) is 32.2. The Hall–Kier alpha value is -1.59. The third kappa shape index (κ3) is 4.84. The van der Waals surface area contributed by atoms with Crippen LogP contribution in [0, 0.1) is 52.3 Å². The van der Waals surface area contributed by atoms with Gasteiger partial charge < -0.3 is 20.1 Å². The lowest BCUT2D eigenvalue weighted by Crippen LogP contribution is -2.62. The molecule has 0 saturated heterocycles. The number of hydrogen-bond donors (Lipinski definition) is 3. The van der Waals surface area contributed by atoms with Crippen molar-refractivity contribution in [2.24, 2.45) is 52.3 Å². The SMILES string of the molecule is CC[C@H]1[C@@H](O)C2C3CC[C@H]([C@H](C)CCCc4ccc(OC)cc4C(=O)O)[C@@]3(C)CCC2[C@@]2(C)CC[C@@H](O)C[C@@H]12. The number of carboxylic acid groups (broad SMARTS) is 1. The Bertz CT molecular complexity index is 1040. The molecule has 0 bridgehead atoms. The zero-order valence-corrected chi connectivity index (χ0v) is 24.9. The van der Waals surface area contributed by atoms with E-state index in [4.69, 9.17) is 4.74 Å². The number of aryl methyl sites for hydroxylation is 1. The molecule has 4 aliphatic carbocycles. The van der Waals surface area contributed by atoms with E-state index in [-0.39, 0.29) is 23.0 Å². The van der Waals surface area contributed by atoms with E-state index < -0.39 is 5.97 Å². The lowest BCUT2D eigenvalue weighted by Gasteiger charge is -2.64. The van der Waals surface area contributed by atoms with Crippen molar-refractivity contribution in [2.75, 3.05) is 7.11 Å². The topological polar surface area (TPSA) is 87.0 Å². The number of rotatable bonds is 8. The van der Waals surface area contributed by atoms with E-state index in [0.29, 0.717) is 52.7 Å². The summed E-state index contributed by atoms with van der Waals surface area (Å²) >= 11 is 0. The van der Waals surface area contributed by atoms with Gasteiger partial charge in [0.1, 0.15) is 5.75 Å². The summed E-state index contributed by atoms with van der Waals surface area (Å²) in [5.74, 6) is 3.23. The first-order chi connectivity index (χ1) is 18.5. The van der Waals surface area contributed by atoms with E-state index in [1.54, 1.807) is 13.2 Å². The number of ether oxygens (including phenoxy) is 1. The van der Waals surface area contributed by atoms with Crippen LogP contribution >= 0.6 is 0 Å². The van der Waals surface area contributed by atoms with Crippen LogP contribution < -0.4 is 4.74 Å². The van der Waals surface area contributed by atoms with Gasteiger partial charge in [0.2, 0.25) is 0 Å². The standard InChI is InChI=1S/C34H52O5/c1-6-24-29-18-22(35)14-16-34(29,4)28-15-17-33(3)26(12-13-27(33)30(28)31(24)36)20(2)8-7-9-21-10-11-23(39-5)19-25(21)32(37)38/h10-11,19-20,22,24,26-31,35-36H,6-9,12-18H2,1-5H3,(H,37,38)/t20-,22-,24-,26-,27?,28?,29+,30?,31-,33-,34-/m1/s1. The number of carbonyl (C=O) groups is 1. The van der Waals surface area contributed by atoms with Crippen molar-refractivity contribution in [1.29, 1.82) is 0 Å². The Morgan fingerprint density at radius 3 is 2.46 bits per heavy atom. The van der Waals surface area contributed by atoms with E-state index in [1.165, 1.54) is 25.7 Å². The number of aliphatic hydroxyl groups is 2. The van der Waals surface area contributed by atoms with Crippen molar-refractivity contribution < 1.29 is 24.9 Å². The minimum absolute atomic E-state index is 0.198. The summed E-state index contributed by atoms with van der Waals surface area (Å²) < 4.78 is 5.24. The smallest absolute Gasteiger partial charge is 0.336 e. The fourth-order valence-electron chi connectivity index (χ4n) is 10.8. The molecule has 4 aliphatic rings. The molecule has 11 atom stereocenters. The lowest BCUT2D eigenvalue weighted by atomic mass is 9.41. The normalized spacial score (nSPS) is 42.2. The molecule has 4 fully saturated rings. The van der Waals surface area contributed by atoms with Crippen molar-refractivity contribution in [3.8, 4) is 5.75 Å². The molecule has 4 saturated carbocycles. The van der Waals surface area contributed by atoms with Gasteiger partial charge in [0.05, 0.1) is 24.9 Å². The Morgan fingerprint density at radius 2 is 1.77 bits per heavy atom. The van der Waals surface area contributed by atoms with Gasteiger partial charge in [0, 0.05) is 0 Å². The van der Waals surface area contributed by atoms with Gasteiger partial charge in [-0.1, -0.05) is 46.6 Å². The molecule has 0 radical (unpaired) electrons. The number of aliphatic hydroxyl groups excluding tert-OH is 2. The molecule has 0 spiro atoms. The van der Waals surface area contributed by atoms with Gasteiger partial charge in [-0.05, 0) is 128 Å². The molecule has 0 amide bonds. The van der Waals surface area contributed by atoms with Gasteiger partial charge in [0.15, 0.2) is 0 Å². The molecule has 1 aromatic carbocycles. The van der Waals surface area contributed by atoms with Gasteiger partial charge in [-0.3, -0.25) is 0 Å². The van der Waals surface area contributed by atoms with Crippen LogP contribution in [0.15, 0.2) is 18.2 Å². The van der Waals surface area contributed by atoms with Crippen molar-refractivity contribution in [1.82, 2.24) is 0 Å². The molecular weight excluding hydrogens is 488 g/mol. The molecule has 0 heterocycles. The fraction of sp³-hybridized carbons (Fsp3) is 0.794. The van der Waals surface area contributed by atoms with Crippen LogP contribution in [0.3, 0.4) is 0 Å². The van der Waals surface area contributed by atoms with E-state index in [0.717, 1.165) is 50.5 Å². The third-order valence-corrected chi connectivity index (χ3v) is 12.8. The van der Waals surface area contributed by atoms with Crippen LogP contribution in [-0.2, 0) is 6.42 Å². The summed E-state index contributed by atoms with van der Waals surface area (Å²) in [7, 11) is 1.57. The zero-order valence-electron chi connectivity index (χ0n) is 24.9. The lowest BCUT2D eigenvalue weighted by molar-refractivity contribution is -0.203. The van der Waals surface area contributed by atoms with Gasteiger partial charge in [-0.2, -0.15) is 0 Å². The molecular formula is C34H52O5. The number of aromatic carboxylic acids is 1. The van der Waals surface area contributed by atoms with Crippen molar-refractivity contribution in [2.45, 2.75) is 111 Å². The molecule has 0 aliphatic heterocycles. The Balaban J connectivity index is 1.29. The second-order valence-corrected chi connectivity index (χ2v) is 14.3. The number of fused-ring (bicyclic) bond motifs is 5. The largest absolute Gasteiger partial charge is 0.497 e. The molecule has 1 aromatic rings. The quantitative estimate of drug-likeness (QED) is 0.331. The minimum Gasteiger partial charge on any atom is -0.497 e. The number of carboxylic acids is 1. The van der Waals surface area contributed by atoms with Crippen molar-refractivity contribution in [3.63, 3.8) is 0 Å². The monoisotopic (exact) mass is 540 g/mol. The highest BCUT2D eigenvalue weighted by Gasteiger charge is 2.64. The Morgan fingerprint density at radius 1 is 1.05 bits per heavy atom. The molecule has 39 heavy (non-hydrogen) atoms. The second-order valence-electron chi connectivity index (χ2n) is 14.3. The molecule has 5 heteroatoms. The van der Waals surface area contributed by atoms with E-state index in [9.17, 15) is 20.1 Å². The number of hydrogen-bond acceptors (Lipinski definition) is 4. The highest BCUT2D eigenvalue weighted by atomic mass is 16.5.